The molecule has 252 valence electrons. The van der Waals surface area contributed by atoms with E-state index in [0.29, 0.717) is 37.3 Å². The fraction of sp³-hybridized carbons (Fsp3) is 0.316. The highest BCUT2D eigenvalue weighted by Gasteiger charge is 2.26. The van der Waals surface area contributed by atoms with Gasteiger partial charge in [0.05, 0.1) is 13.2 Å². The maximum atomic E-state index is 12.6. The Labute approximate surface area is 287 Å². The maximum absolute atomic E-state index is 12.6. The van der Waals surface area contributed by atoms with Gasteiger partial charge in [0.25, 0.3) is 0 Å². The van der Waals surface area contributed by atoms with Gasteiger partial charge in [0.15, 0.2) is 11.5 Å². The second-order valence-corrected chi connectivity index (χ2v) is 12.1. The molecule has 0 spiro atoms. The van der Waals surface area contributed by atoms with Gasteiger partial charge in [-0.3, -0.25) is 9.80 Å². The molecule has 0 saturated carbocycles. The van der Waals surface area contributed by atoms with Crippen LogP contribution in [0.3, 0.4) is 0 Å². The Morgan fingerprint density at radius 1 is 0.854 bits per heavy atom. The molecule has 0 aliphatic carbocycles. The Hall–Kier alpha value is -4.57. The van der Waals surface area contributed by atoms with E-state index in [9.17, 15) is 14.7 Å². The lowest BCUT2D eigenvalue weighted by atomic mass is 9.96. The molecule has 1 aliphatic rings. The second kappa shape index (κ2) is 17.5. The number of nitrogens with zero attached hydrogens (tertiary/aromatic N) is 2. The highest BCUT2D eigenvalue weighted by atomic mass is 35.5. The molecule has 1 amide bonds. The summed E-state index contributed by atoms with van der Waals surface area (Å²) in [5, 5.41) is 13.2. The smallest absolute Gasteiger partial charge is 0.412 e. The number of phenols is 1. The zero-order valence-electron chi connectivity index (χ0n) is 27.1. The summed E-state index contributed by atoms with van der Waals surface area (Å²) in [7, 11) is 1.37. The topological polar surface area (TPSA) is 101 Å². The predicted molar refractivity (Wildman–Crippen MR) is 186 cm³/mol. The number of amides is 1. The number of halogens is 1. The lowest BCUT2D eigenvalue weighted by molar-refractivity contribution is 0.0593. The zero-order valence-corrected chi connectivity index (χ0v) is 27.9. The Morgan fingerprint density at radius 2 is 1.56 bits per heavy atom. The van der Waals surface area contributed by atoms with Crippen molar-refractivity contribution < 1.29 is 28.9 Å². The van der Waals surface area contributed by atoms with Gasteiger partial charge in [-0.05, 0) is 72.4 Å². The van der Waals surface area contributed by atoms with Crippen molar-refractivity contribution in [1.29, 1.82) is 0 Å². The van der Waals surface area contributed by atoms with Crippen molar-refractivity contribution in [3.05, 3.63) is 124 Å². The number of nitrogens with one attached hydrogen (secondary N) is 1. The average Bonchev–Trinajstić information content (AvgIpc) is 3.11. The third-order valence-electron chi connectivity index (χ3n) is 8.42. The standard InChI is InChI=1S/C38H42ClN3O6/c1-46-37(44)32-27-28(9-7-8-20-40-38(45)48-35-13-6-5-12-33(35)43)14-19-34(32)47-26-25-41-21-23-42(24-22-41)36(29-10-3-2-4-11-29)30-15-17-31(39)18-16-30/h2-6,10-19,27,36,43H,7-9,20-26H2,1H3,(H,40,45)/t36-/m1/s1. The minimum absolute atomic E-state index is 0.0947. The van der Waals surface area contributed by atoms with Crippen molar-refractivity contribution >= 4 is 23.7 Å². The van der Waals surface area contributed by atoms with Gasteiger partial charge in [-0.2, -0.15) is 0 Å². The number of hydrogen-bond donors (Lipinski definition) is 2. The number of aromatic hydroxyl groups is 1. The Bertz CT molecular complexity index is 1630. The van der Waals surface area contributed by atoms with Crippen LogP contribution in [-0.2, 0) is 11.2 Å². The predicted octanol–water partition coefficient (Wildman–Crippen LogP) is 6.73. The number of benzene rings is 4. The van der Waals surface area contributed by atoms with Crippen LogP contribution in [0.2, 0.25) is 5.02 Å². The number of hydrogen-bond acceptors (Lipinski definition) is 8. The van der Waals surface area contributed by atoms with Crippen molar-refractivity contribution in [3.63, 3.8) is 0 Å². The van der Waals surface area contributed by atoms with Gasteiger partial charge in [-0.1, -0.05) is 72.3 Å². The Balaban J connectivity index is 1.07. The first-order valence-corrected chi connectivity index (χ1v) is 16.6. The number of ether oxygens (including phenoxy) is 3. The molecule has 0 aromatic heterocycles. The first-order chi connectivity index (χ1) is 23.4. The molecular formula is C38H42ClN3O6. The van der Waals surface area contributed by atoms with E-state index in [-0.39, 0.29) is 17.5 Å². The third kappa shape index (κ3) is 9.73. The van der Waals surface area contributed by atoms with Crippen LogP contribution in [0.4, 0.5) is 4.79 Å². The van der Waals surface area contributed by atoms with E-state index in [1.807, 2.05) is 36.4 Å². The van der Waals surface area contributed by atoms with E-state index in [1.54, 1.807) is 12.1 Å². The molecule has 4 aromatic rings. The number of carbonyl (C=O) groups excluding carboxylic acids is 2. The molecule has 0 unspecified atom stereocenters. The SMILES string of the molecule is COC(=O)c1cc(CCCCNC(=O)Oc2ccccc2O)ccc1OCCN1CCN([C@H](c2ccccc2)c2ccc(Cl)cc2)CC1. The maximum Gasteiger partial charge on any atom is 0.412 e. The summed E-state index contributed by atoms with van der Waals surface area (Å²) in [4.78, 5) is 29.5. The van der Waals surface area contributed by atoms with Crippen molar-refractivity contribution in [2.45, 2.75) is 25.3 Å². The number of aryl methyl sites for hydroxylation is 1. The van der Waals surface area contributed by atoms with Crippen LogP contribution < -0.4 is 14.8 Å². The van der Waals surface area contributed by atoms with Gasteiger partial charge < -0.3 is 24.6 Å². The van der Waals surface area contributed by atoms with Crippen molar-refractivity contribution in [3.8, 4) is 17.2 Å². The van der Waals surface area contributed by atoms with E-state index in [0.717, 1.165) is 49.7 Å². The number of para-hydroxylation sites is 2. The summed E-state index contributed by atoms with van der Waals surface area (Å²) < 4.78 is 16.3. The minimum Gasteiger partial charge on any atom is -0.504 e. The number of esters is 1. The van der Waals surface area contributed by atoms with Crippen molar-refractivity contribution in [2.75, 3.05) is 53.0 Å². The van der Waals surface area contributed by atoms with Crippen LogP contribution >= 0.6 is 11.6 Å². The van der Waals surface area contributed by atoms with Gasteiger partial charge in [0.1, 0.15) is 17.9 Å². The number of phenolic OH excluding ortho intramolecular Hbond substituents is 1. The van der Waals surface area contributed by atoms with Gasteiger partial charge in [-0.25, -0.2) is 9.59 Å². The van der Waals surface area contributed by atoms with Crippen molar-refractivity contribution in [2.24, 2.45) is 0 Å². The number of rotatable bonds is 14. The van der Waals surface area contributed by atoms with Crippen molar-refractivity contribution in [1.82, 2.24) is 15.1 Å². The first kappa shape index (κ1) is 34.8. The molecule has 0 bridgehead atoms. The van der Waals surface area contributed by atoms with Gasteiger partial charge in [0, 0.05) is 44.3 Å². The summed E-state index contributed by atoms with van der Waals surface area (Å²) in [6, 6.07) is 30.8. The molecule has 2 N–H and O–H groups in total. The van der Waals surface area contributed by atoms with Crippen LogP contribution in [0.25, 0.3) is 0 Å². The average molecular weight is 672 g/mol. The minimum atomic E-state index is -0.623. The first-order valence-electron chi connectivity index (χ1n) is 16.3. The summed E-state index contributed by atoms with van der Waals surface area (Å²) in [5.41, 5.74) is 3.86. The number of unbranched alkanes of at least 4 members (excludes halogenated alkanes) is 1. The third-order valence-corrected chi connectivity index (χ3v) is 8.67. The fourth-order valence-electron chi connectivity index (χ4n) is 5.88. The van der Waals surface area contributed by atoms with Crippen LogP contribution in [0.15, 0.2) is 97.1 Å². The molecule has 1 atom stereocenters. The summed E-state index contributed by atoms with van der Waals surface area (Å²) in [5.74, 6) is 0.0769. The number of carbonyl (C=O) groups is 2. The van der Waals surface area contributed by atoms with E-state index in [2.05, 4.69) is 51.5 Å². The Kier molecular flexibility index (Phi) is 12.7. The van der Waals surface area contributed by atoms with E-state index in [4.69, 9.17) is 25.8 Å². The monoisotopic (exact) mass is 671 g/mol. The highest BCUT2D eigenvalue weighted by molar-refractivity contribution is 6.30. The molecule has 10 heteroatoms. The Morgan fingerprint density at radius 3 is 2.29 bits per heavy atom. The van der Waals surface area contributed by atoms with E-state index >= 15 is 0 Å². The van der Waals surface area contributed by atoms with E-state index < -0.39 is 12.1 Å². The number of piperazine rings is 1. The highest BCUT2D eigenvalue weighted by Crippen LogP contribution is 2.31. The van der Waals surface area contributed by atoms with Crippen LogP contribution in [0.5, 0.6) is 17.2 Å². The van der Waals surface area contributed by atoms with Crippen LogP contribution in [-0.4, -0.2) is 80.0 Å². The summed E-state index contributed by atoms with van der Waals surface area (Å²) in [6.45, 7) is 5.25. The fourth-order valence-corrected chi connectivity index (χ4v) is 6.00. The summed E-state index contributed by atoms with van der Waals surface area (Å²) in [6.07, 6.45) is 1.58. The van der Waals surface area contributed by atoms with Gasteiger partial charge in [-0.15, -0.1) is 0 Å². The van der Waals surface area contributed by atoms with Gasteiger partial charge >= 0.3 is 12.1 Å². The lowest BCUT2D eigenvalue weighted by Crippen LogP contribution is -2.48. The lowest BCUT2D eigenvalue weighted by Gasteiger charge is -2.39. The molecule has 1 heterocycles. The molecule has 1 fully saturated rings. The molecule has 4 aromatic carbocycles. The van der Waals surface area contributed by atoms with E-state index in [1.165, 1.54) is 30.4 Å². The quantitative estimate of drug-likeness (QED) is 0.112. The zero-order chi connectivity index (χ0) is 33.7. The molecule has 1 saturated heterocycles. The molecule has 0 radical (unpaired) electrons. The van der Waals surface area contributed by atoms with Crippen LogP contribution in [0, 0.1) is 0 Å². The normalized spacial score (nSPS) is 14.2. The molecule has 9 nitrogen and oxygen atoms in total. The second-order valence-electron chi connectivity index (χ2n) is 11.7. The summed E-state index contributed by atoms with van der Waals surface area (Å²) >= 11 is 6.19. The van der Waals surface area contributed by atoms with Crippen LogP contribution in [0.1, 0.15) is 45.9 Å². The van der Waals surface area contributed by atoms with Gasteiger partial charge in [0.2, 0.25) is 0 Å². The molecular weight excluding hydrogens is 630 g/mol. The molecule has 5 rings (SSSR count). The molecule has 1 aliphatic heterocycles. The largest absolute Gasteiger partial charge is 0.504 e. The molecule has 48 heavy (non-hydrogen) atoms. The number of methoxy groups -OCH3 is 1.